The fraction of sp³-hybridized carbons (Fsp3) is 0.286. The average Bonchev–Trinajstić information content (AvgIpc) is 2.68. The van der Waals surface area contributed by atoms with Crippen LogP contribution in [-0.4, -0.2) is 39.5 Å². The lowest BCUT2D eigenvalue weighted by Crippen LogP contribution is -2.53. The van der Waals surface area contributed by atoms with Crippen LogP contribution in [0, 0.1) is 0 Å². The molecule has 26 heavy (non-hydrogen) atoms. The highest BCUT2D eigenvalue weighted by Crippen LogP contribution is 2.31. The molecule has 0 spiro atoms. The first-order valence-corrected chi connectivity index (χ1v) is 8.86. The molecule has 2 aromatic carbocycles. The zero-order valence-corrected chi connectivity index (χ0v) is 14.9. The van der Waals surface area contributed by atoms with E-state index in [1.54, 1.807) is 6.20 Å². The van der Waals surface area contributed by atoms with Crippen molar-refractivity contribution < 1.29 is 9.53 Å². The summed E-state index contributed by atoms with van der Waals surface area (Å²) in [5.74, 6) is -0.104. The number of carbonyl (C=O) groups excluding carboxylic acids is 1. The van der Waals surface area contributed by atoms with Crippen molar-refractivity contribution >= 4 is 16.9 Å². The number of para-hydroxylation sites is 2. The number of benzene rings is 2. The van der Waals surface area contributed by atoms with Gasteiger partial charge in [0.15, 0.2) is 0 Å². The van der Waals surface area contributed by atoms with E-state index < -0.39 is 0 Å². The van der Waals surface area contributed by atoms with Crippen LogP contribution in [0.5, 0.6) is 0 Å². The molecule has 5 heteroatoms. The fourth-order valence-corrected chi connectivity index (χ4v) is 3.60. The molecule has 1 aromatic heterocycles. The van der Waals surface area contributed by atoms with E-state index in [2.05, 4.69) is 9.97 Å². The van der Waals surface area contributed by atoms with Crippen molar-refractivity contribution in [3.8, 4) is 0 Å². The summed E-state index contributed by atoms with van der Waals surface area (Å²) in [6.07, 6.45) is 1.42. The number of amides is 1. The molecule has 0 bridgehead atoms. The molecular formula is C21H21N3O2. The van der Waals surface area contributed by atoms with Gasteiger partial charge in [-0.1, -0.05) is 42.5 Å². The van der Waals surface area contributed by atoms with Gasteiger partial charge in [-0.05, 0) is 31.5 Å². The van der Waals surface area contributed by atoms with Gasteiger partial charge in [-0.25, -0.2) is 4.98 Å². The van der Waals surface area contributed by atoms with Gasteiger partial charge < -0.3 is 9.64 Å². The Kier molecular flexibility index (Phi) is 4.39. The second-order valence-corrected chi connectivity index (χ2v) is 6.71. The minimum Gasteiger partial charge on any atom is -0.369 e. The molecule has 1 saturated heterocycles. The third-order valence-corrected chi connectivity index (χ3v) is 4.90. The van der Waals surface area contributed by atoms with Gasteiger partial charge in [-0.3, -0.25) is 9.78 Å². The molecule has 1 fully saturated rings. The van der Waals surface area contributed by atoms with Gasteiger partial charge >= 0.3 is 0 Å². The predicted molar refractivity (Wildman–Crippen MR) is 99.8 cm³/mol. The number of rotatable bonds is 2. The second-order valence-electron chi connectivity index (χ2n) is 6.71. The number of hydrogen-bond donors (Lipinski definition) is 0. The van der Waals surface area contributed by atoms with E-state index in [0.29, 0.717) is 12.3 Å². The molecule has 1 amide bonds. The first-order chi connectivity index (χ1) is 12.6. The molecule has 1 aliphatic rings. The van der Waals surface area contributed by atoms with Crippen molar-refractivity contribution in [1.29, 1.82) is 0 Å². The van der Waals surface area contributed by atoms with E-state index in [4.69, 9.17) is 4.74 Å². The molecule has 1 aliphatic heterocycles. The molecule has 132 valence electrons. The molecule has 2 heterocycles. The van der Waals surface area contributed by atoms with Crippen LogP contribution in [0.3, 0.4) is 0 Å². The normalized spacial score (nSPS) is 23.2. The van der Waals surface area contributed by atoms with Gasteiger partial charge in [0.05, 0.1) is 35.9 Å². The maximum atomic E-state index is 13.2. The lowest BCUT2D eigenvalue weighted by molar-refractivity contribution is -0.0807. The van der Waals surface area contributed by atoms with Crippen LogP contribution in [0.1, 0.15) is 36.0 Å². The maximum absolute atomic E-state index is 13.2. The molecular weight excluding hydrogens is 326 g/mol. The molecule has 0 N–H and O–H groups in total. The Morgan fingerprint density at radius 1 is 1.04 bits per heavy atom. The monoisotopic (exact) mass is 347 g/mol. The molecule has 0 aliphatic carbocycles. The third-order valence-electron chi connectivity index (χ3n) is 4.90. The summed E-state index contributed by atoms with van der Waals surface area (Å²) in [5.41, 5.74) is 2.96. The molecule has 5 nitrogen and oxygen atoms in total. The minimum atomic E-state index is -0.148. The second kappa shape index (κ2) is 6.84. The summed E-state index contributed by atoms with van der Waals surface area (Å²) >= 11 is 0. The predicted octanol–water partition coefficient (Wildman–Crippen LogP) is 3.62. The number of hydrogen-bond acceptors (Lipinski definition) is 4. The van der Waals surface area contributed by atoms with Gasteiger partial charge in [0.1, 0.15) is 11.8 Å². The number of fused-ring (bicyclic) bond motifs is 1. The topological polar surface area (TPSA) is 55.3 Å². The van der Waals surface area contributed by atoms with Crippen LogP contribution in [0.4, 0.5) is 0 Å². The highest BCUT2D eigenvalue weighted by molar-refractivity contribution is 5.94. The summed E-state index contributed by atoms with van der Waals surface area (Å²) in [4.78, 5) is 24.0. The molecule has 3 aromatic rings. The maximum Gasteiger partial charge on any atom is 0.274 e. The Labute approximate surface area is 152 Å². The van der Waals surface area contributed by atoms with Crippen molar-refractivity contribution in [1.82, 2.24) is 14.9 Å². The number of nitrogens with zero attached hydrogens (tertiary/aromatic N) is 3. The quantitative estimate of drug-likeness (QED) is 0.710. The summed E-state index contributed by atoms with van der Waals surface area (Å²) in [6.45, 7) is 4.53. The van der Waals surface area contributed by atoms with E-state index in [1.165, 1.54) is 0 Å². The molecule has 3 atom stereocenters. The van der Waals surface area contributed by atoms with E-state index in [9.17, 15) is 4.79 Å². The van der Waals surface area contributed by atoms with E-state index in [0.717, 1.165) is 16.6 Å². The van der Waals surface area contributed by atoms with Crippen molar-refractivity contribution in [2.75, 3.05) is 6.61 Å². The summed E-state index contributed by atoms with van der Waals surface area (Å²) in [5, 5.41) is 0. The van der Waals surface area contributed by atoms with E-state index >= 15 is 0 Å². The van der Waals surface area contributed by atoms with Gasteiger partial charge in [0.25, 0.3) is 5.91 Å². The fourth-order valence-electron chi connectivity index (χ4n) is 3.60. The Bertz CT molecular complexity index is 929. The standard InChI is InChI=1S/C21H21N3O2/c1-14-13-26-20(16-8-4-3-5-9-16)15(2)24(14)21(25)19-12-22-17-10-6-7-11-18(17)23-19/h3-12,14-15,20H,13H2,1-2H3. The van der Waals surface area contributed by atoms with Crippen LogP contribution in [0.2, 0.25) is 0 Å². The summed E-state index contributed by atoms with van der Waals surface area (Å²) in [6, 6.07) is 17.5. The Morgan fingerprint density at radius 3 is 2.50 bits per heavy atom. The SMILES string of the molecule is CC1COC(c2ccccc2)C(C)N1C(=O)c1cnc2ccccc2n1. The Hall–Kier alpha value is -2.79. The highest BCUT2D eigenvalue weighted by Gasteiger charge is 2.38. The zero-order chi connectivity index (χ0) is 18.1. The van der Waals surface area contributed by atoms with Gasteiger partial charge in [0, 0.05) is 0 Å². The van der Waals surface area contributed by atoms with Crippen LogP contribution >= 0.6 is 0 Å². The smallest absolute Gasteiger partial charge is 0.274 e. The largest absolute Gasteiger partial charge is 0.369 e. The van der Waals surface area contributed by atoms with E-state index in [-0.39, 0.29) is 24.1 Å². The Morgan fingerprint density at radius 2 is 1.73 bits per heavy atom. The van der Waals surface area contributed by atoms with E-state index in [1.807, 2.05) is 73.3 Å². The molecule has 3 unspecified atom stereocenters. The van der Waals surface area contributed by atoms with Crippen LogP contribution in [0.15, 0.2) is 60.8 Å². The molecule has 0 radical (unpaired) electrons. The lowest BCUT2D eigenvalue weighted by atomic mass is 9.98. The van der Waals surface area contributed by atoms with Gasteiger partial charge in [-0.15, -0.1) is 0 Å². The Balaban J connectivity index is 1.66. The highest BCUT2D eigenvalue weighted by atomic mass is 16.5. The number of aromatic nitrogens is 2. The first-order valence-electron chi connectivity index (χ1n) is 8.86. The number of morpholine rings is 1. The van der Waals surface area contributed by atoms with Gasteiger partial charge in [-0.2, -0.15) is 0 Å². The van der Waals surface area contributed by atoms with Crippen LogP contribution < -0.4 is 0 Å². The number of ether oxygens (including phenoxy) is 1. The molecule has 4 rings (SSSR count). The first kappa shape index (κ1) is 16.7. The van der Waals surface area contributed by atoms with Crippen molar-refractivity contribution in [3.63, 3.8) is 0 Å². The summed E-state index contributed by atoms with van der Waals surface area (Å²) in [7, 11) is 0. The lowest BCUT2D eigenvalue weighted by Gasteiger charge is -2.43. The minimum absolute atomic E-state index is 0.0225. The third kappa shape index (κ3) is 2.95. The average molecular weight is 347 g/mol. The van der Waals surface area contributed by atoms with Crippen LogP contribution in [-0.2, 0) is 4.74 Å². The molecule has 0 saturated carbocycles. The van der Waals surface area contributed by atoms with Crippen molar-refractivity contribution in [2.24, 2.45) is 0 Å². The summed E-state index contributed by atoms with van der Waals surface area (Å²) < 4.78 is 6.05. The van der Waals surface area contributed by atoms with Gasteiger partial charge in [0.2, 0.25) is 0 Å². The van der Waals surface area contributed by atoms with Crippen molar-refractivity contribution in [2.45, 2.75) is 32.0 Å². The zero-order valence-electron chi connectivity index (χ0n) is 14.9. The number of carbonyl (C=O) groups is 1. The van der Waals surface area contributed by atoms with Crippen LogP contribution in [0.25, 0.3) is 11.0 Å². The van der Waals surface area contributed by atoms with Crippen molar-refractivity contribution in [3.05, 3.63) is 72.1 Å².